The zero-order valence-corrected chi connectivity index (χ0v) is 17.3. The largest absolute Gasteiger partial charge is 0.493 e. The number of aromatic nitrogens is 2. The molecule has 0 saturated heterocycles. The lowest BCUT2D eigenvalue weighted by Gasteiger charge is -2.14. The van der Waals surface area contributed by atoms with E-state index in [0.29, 0.717) is 35.6 Å². The zero-order chi connectivity index (χ0) is 19.8. The van der Waals surface area contributed by atoms with Crippen LogP contribution >= 0.6 is 28.3 Å². The van der Waals surface area contributed by atoms with Crippen LogP contribution in [0.4, 0.5) is 5.82 Å². The van der Waals surface area contributed by atoms with E-state index in [1.165, 1.54) is 7.11 Å². The van der Waals surface area contributed by atoms with Crippen molar-refractivity contribution in [1.82, 2.24) is 20.9 Å². The summed E-state index contributed by atoms with van der Waals surface area (Å²) in [6, 6.07) is 3.60. The number of hydrogen-bond donors (Lipinski definition) is 4. The quantitative estimate of drug-likeness (QED) is 0.348. The molecule has 0 unspecified atom stereocenters. The molecule has 2 amide bonds. The normalized spacial score (nSPS) is 10.1. The lowest BCUT2D eigenvalue weighted by molar-refractivity contribution is -0.119. The number of carbonyl (C=O) groups excluding carboxylic acids is 2. The van der Waals surface area contributed by atoms with Crippen molar-refractivity contribution in [3.63, 3.8) is 0 Å². The van der Waals surface area contributed by atoms with Gasteiger partial charge >= 0.3 is 0 Å². The van der Waals surface area contributed by atoms with Gasteiger partial charge in [0.25, 0.3) is 11.8 Å². The van der Waals surface area contributed by atoms with E-state index in [1.807, 2.05) is 6.07 Å². The highest BCUT2D eigenvalue weighted by atomic mass is 79.9. The number of nitrogen functional groups attached to an aromatic ring is 1. The summed E-state index contributed by atoms with van der Waals surface area (Å²) < 4.78 is 15.6. The molecule has 11 nitrogen and oxygen atoms in total. The fraction of sp³-hybridized carbons (Fsp3) is 0.333. The van der Waals surface area contributed by atoms with Gasteiger partial charge in [-0.2, -0.15) is 0 Å². The van der Waals surface area contributed by atoms with Gasteiger partial charge in [-0.15, -0.1) is 12.4 Å². The lowest BCUT2D eigenvalue weighted by atomic mass is 10.2. The Morgan fingerprint density at radius 3 is 2.64 bits per heavy atom. The molecular formula is C15H20BrClN6O5. The van der Waals surface area contributed by atoms with Crippen molar-refractivity contribution in [2.75, 3.05) is 32.5 Å². The minimum Gasteiger partial charge on any atom is -0.493 e. The molecule has 0 bridgehead atoms. The van der Waals surface area contributed by atoms with Crippen LogP contribution in [0.5, 0.6) is 11.5 Å². The van der Waals surface area contributed by atoms with E-state index in [0.717, 1.165) is 5.56 Å². The molecule has 0 radical (unpaired) electrons. The van der Waals surface area contributed by atoms with Crippen molar-refractivity contribution in [1.29, 1.82) is 0 Å². The van der Waals surface area contributed by atoms with Crippen LogP contribution in [-0.4, -0.2) is 48.9 Å². The number of methoxy groups -OCH3 is 1. The van der Waals surface area contributed by atoms with Crippen molar-refractivity contribution in [3.05, 3.63) is 27.9 Å². The van der Waals surface area contributed by atoms with Gasteiger partial charge in [-0.05, 0) is 43.9 Å². The number of nitrogens with two attached hydrogens (primary N) is 2. The summed E-state index contributed by atoms with van der Waals surface area (Å²) in [5, 5.41) is 12.6. The molecule has 6 N–H and O–H groups in total. The maximum Gasteiger partial charge on any atom is 0.277 e. The topological polar surface area (TPSA) is 168 Å². The monoisotopic (exact) mass is 478 g/mol. The van der Waals surface area contributed by atoms with Crippen molar-refractivity contribution in [2.45, 2.75) is 6.54 Å². The average Bonchev–Trinajstić information content (AvgIpc) is 3.05. The van der Waals surface area contributed by atoms with Crippen molar-refractivity contribution >= 4 is 46.0 Å². The predicted molar refractivity (Wildman–Crippen MR) is 105 cm³/mol. The highest BCUT2D eigenvalue weighted by Crippen LogP contribution is 2.36. The molecule has 13 heteroatoms. The molecule has 0 aliphatic heterocycles. The number of rotatable bonds is 10. The number of anilines is 1. The fourth-order valence-electron chi connectivity index (χ4n) is 2.09. The van der Waals surface area contributed by atoms with Crippen LogP contribution in [0.3, 0.4) is 0 Å². The van der Waals surface area contributed by atoms with Gasteiger partial charge < -0.3 is 31.6 Å². The van der Waals surface area contributed by atoms with Crippen molar-refractivity contribution < 1.29 is 23.7 Å². The zero-order valence-electron chi connectivity index (χ0n) is 14.9. The van der Waals surface area contributed by atoms with Gasteiger partial charge in [-0.3, -0.25) is 9.59 Å². The van der Waals surface area contributed by atoms with Gasteiger partial charge in [-0.25, -0.2) is 4.63 Å². The first kappa shape index (κ1) is 23.5. The molecule has 1 aromatic carbocycles. The van der Waals surface area contributed by atoms with Gasteiger partial charge in [-0.1, -0.05) is 0 Å². The second-order valence-corrected chi connectivity index (χ2v) is 6.15. The van der Waals surface area contributed by atoms with E-state index in [9.17, 15) is 9.59 Å². The molecular weight excluding hydrogens is 460 g/mol. The van der Waals surface area contributed by atoms with Gasteiger partial charge in [0.2, 0.25) is 11.5 Å². The van der Waals surface area contributed by atoms with E-state index in [-0.39, 0.29) is 30.5 Å². The highest BCUT2D eigenvalue weighted by Gasteiger charge is 2.15. The molecule has 1 aromatic heterocycles. The van der Waals surface area contributed by atoms with Crippen LogP contribution in [0.25, 0.3) is 0 Å². The summed E-state index contributed by atoms with van der Waals surface area (Å²) >= 11 is 3.38. The Kier molecular flexibility index (Phi) is 9.48. The SMILES string of the molecule is COc1cc(CNCCNC(=O)c2nonc2N)cc(Br)c1OCC(N)=O.Cl. The minimum absolute atomic E-state index is 0. The van der Waals surface area contributed by atoms with Gasteiger partial charge in [0, 0.05) is 19.6 Å². The number of ether oxygens (including phenoxy) is 2. The number of nitrogens with zero attached hydrogens (tertiary/aromatic N) is 2. The number of halogens is 2. The molecule has 2 rings (SSSR count). The van der Waals surface area contributed by atoms with E-state index >= 15 is 0 Å². The molecule has 28 heavy (non-hydrogen) atoms. The van der Waals surface area contributed by atoms with Gasteiger partial charge in [0.1, 0.15) is 0 Å². The summed E-state index contributed by atoms with van der Waals surface area (Å²) in [6.45, 7) is 1.10. The third kappa shape index (κ3) is 6.55. The van der Waals surface area contributed by atoms with Gasteiger partial charge in [0.15, 0.2) is 18.1 Å². The maximum atomic E-state index is 11.8. The Bertz CT molecular complexity index is 818. The third-order valence-corrected chi connectivity index (χ3v) is 3.88. The van der Waals surface area contributed by atoms with Crippen LogP contribution in [0.2, 0.25) is 0 Å². The summed E-state index contributed by atoms with van der Waals surface area (Å²) in [4.78, 5) is 22.7. The number of hydrogen-bond acceptors (Lipinski definition) is 9. The Morgan fingerprint density at radius 2 is 2.04 bits per heavy atom. The minimum atomic E-state index is -0.583. The molecule has 0 aliphatic rings. The molecule has 0 spiro atoms. The number of carbonyl (C=O) groups is 2. The Balaban J connectivity index is 0.00000392. The predicted octanol–water partition coefficient (Wildman–Crippen LogP) is 0.228. The first-order chi connectivity index (χ1) is 12.9. The van der Waals surface area contributed by atoms with Crippen LogP contribution in [0.15, 0.2) is 21.2 Å². The molecule has 154 valence electrons. The molecule has 0 atom stereocenters. The van der Waals surface area contributed by atoms with Crippen LogP contribution in [-0.2, 0) is 11.3 Å². The molecule has 0 aliphatic carbocycles. The van der Waals surface area contributed by atoms with Crippen molar-refractivity contribution in [2.24, 2.45) is 5.73 Å². The summed E-state index contributed by atoms with van der Waals surface area (Å²) in [5.74, 6) is -0.247. The smallest absolute Gasteiger partial charge is 0.277 e. The van der Waals surface area contributed by atoms with E-state index < -0.39 is 11.8 Å². The highest BCUT2D eigenvalue weighted by molar-refractivity contribution is 9.10. The number of nitrogens with one attached hydrogen (secondary N) is 2. The van der Waals surface area contributed by atoms with Gasteiger partial charge in [0.05, 0.1) is 11.6 Å². The standard InChI is InChI=1S/C15H19BrN6O5.ClH/c1-25-10-5-8(4-9(16)13(10)26-7-11(17)23)6-19-2-3-20-15(24)12-14(18)22-27-21-12;/h4-5,19H,2-3,6-7H2,1H3,(H2,17,23)(H2,18,22)(H,20,24);1H. The number of amides is 2. The molecule has 1 heterocycles. The second kappa shape index (κ2) is 11.3. The second-order valence-electron chi connectivity index (χ2n) is 5.29. The van der Waals surface area contributed by atoms with E-state index in [4.69, 9.17) is 20.9 Å². The Morgan fingerprint density at radius 1 is 1.29 bits per heavy atom. The third-order valence-electron chi connectivity index (χ3n) is 3.29. The fourth-order valence-corrected chi connectivity index (χ4v) is 2.70. The van der Waals surface area contributed by atoms with Crippen molar-refractivity contribution in [3.8, 4) is 11.5 Å². The molecule has 2 aromatic rings. The van der Waals surface area contributed by atoms with Crippen LogP contribution < -0.4 is 31.6 Å². The summed E-state index contributed by atoms with van der Waals surface area (Å²) in [7, 11) is 1.50. The average molecular weight is 480 g/mol. The Labute approximate surface area is 175 Å². The Hall–Kier alpha value is -2.57. The first-order valence-electron chi connectivity index (χ1n) is 7.76. The lowest BCUT2D eigenvalue weighted by Crippen LogP contribution is -2.32. The van der Waals surface area contributed by atoms with Crippen LogP contribution in [0.1, 0.15) is 16.1 Å². The van der Waals surface area contributed by atoms with E-state index in [1.54, 1.807) is 6.07 Å². The molecule has 0 fully saturated rings. The number of benzene rings is 1. The maximum absolute atomic E-state index is 11.8. The first-order valence-corrected chi connectivity index (χ1v) is 8.56. The summed E-state index contributed by atoms with van der Waals surface area (Å²) in [6.07, 6.45) is 0. The summed E-state index contributed by atoms with van der Waals surface area (Å²) in [5.41, 5.74) is 11.4. The van der Waals surface area contributed by atoms with Crippen LogP contribution in [0, 0.1) is 0 Å². The van der Waals surface area contributed by atoms with E-state index in [2.05, 4.69) is 41.5 Å². The number of primary amides is 1. The molecule has 0 saturated carbocycles.